The minimum Gasteiger partial charge on any atom is -0.497 e. The van der Waals surface area contributed by atoms with E-state index in [0.29, 0.717) is 12.0 Å². The summed E-state index contributed by atoms with van der Waals surface area (Å²) in [6.45, 7) is 25.8. The molecule has 1 N–H and O–H groups in total. The van der Waals surface area contributed by atoms with Gasteiger partial charge in [-0.2, -0.15) is 0 Å². The Bertz CT molecular complexity index is 1390. The van der Waals surface area contributed by atoms with E-state index in [9.17, 15) is 9.90 Å². The standard InChI is InChI=1S/C41H66O12Si/c1-14-17-29(18-15-2)47-38-35(34-32(26(5)46-38)51-41(9,10)52-34)50-39-36(53-54(12,13)40(6,7)8)33(49-37(43)25(4)16-3)31(42)30(48-39)24-45-23-27-19-21-28(44-11)22-20-27/h14,16,19-22,26,29-36,38-39,42H,1,15,17-18,23-24H2,2-13H3/b25-16+/t26-,29-,30-,31-,32+,33+,34+,35-,36-,38+,39+/m1/s1. The summed E-state index contributed by atoms with van der Waals surface area (Å²) in [6, 6.07) is 7.51. The lowest BCUT2D eigenvalue weighted by atomic mass is 9.97. The van der Waals surface area contributed by atoms with Crippen LogP contribution in [0.4, 0.5) is 0 Å². The molecule has 4 rings (SSSR count). The fourth-order valence-electron chi connectivity index (χ4n) is 6.56. The highest BCUT2D eigenvalue weighted by Gasteiger charge is 2.59. The molecule has 11 atom stereocenters. The molecule has 3 aliphatic heterocycles. The Labute approximate surface area is 323 Å². The number of carbonyl (C=O) groups excluding carboxylic acids is 1. The Hall–Kier alpha value is -2.17. The van der Waals surface area contributed by atoms with Crippen molar-refractivity contribution < 1.29 is 57.0 Å². The van der Waals surface area contributed by atoms with Crippen LogP contribution in [0.2, 0.25) is 18.1 Å². The van der Waals surface area contributed by atoms with E-state index in [-0.39, 0.29) is 30.5 Å². The molecular formula is C41H66O12Si. The number of carbonyl (C=O) groups is 1. The maximum atomic E-state index is 13.5. The third-order valence-corrected chi connectivity index (χ3v) is 15.3. The molecule has 54 heavy (non-hydrogen) atoms. The highest BCUT2D eigenvalue weighted by Crippen LogP contribution is 2.43. The molecule has 0 unspecified atom stereocenters. The van der Waals surface area contributed by atoms with Crippen LogP contribution in [0.1, 0.15) is 87.1 Å². The third kappa shape index (κ3) is 11.0. The molecule has 0 spiro atoms. The average Bonchev–Trinajstić information content (AvgIpc) is 3.44. The van der Waals surface area contributed by atoms with Gasteiger partial charge in [0.25, 0.3) is 0 Å². The van der Waals surface area contributed by atoms with Gasteiger partial charge in [-0.1, -0.05) is 58.4 Å². The fourth-order valence-corrected chi connectivity index (χ4v) is 7.84. The summed E-state index contributed by atoms with van der Waals surface area (Å²) < 4.78 is 64.3. The number of fused-ring (bicyclic) bond motifs is 1. The molecule has 0 aromatic heterocycles. The maximum Gasteiger partial charge on any atom is 0.333 e. The number of hydrogen-bond acceptors (Lipinski definition) is 12. The van der Waals surface area contributed by atoms with Crippen molar-refractivity contribution in [3.8, 4) is 5.75 Å². The molecule has 1 aromatic rings. The van der Waals surface area contributed by atoms with Crippen LogP contribution in [0.25, 0.3) is 0 Å². The summed E-state index contributed by atoms with van der Waals surface area (Å²) in [7, 11) is -1.02. The van der Waals surface area contributed by atoms with E-state index in [1.807, 2.05) is 51.1 Å². The molecule has 3 aliphatic rings. The van der Waals surface area contributed by atoms with Crippen molar-refractivity contribution in [2.75, 3.05) is 13.7 Å². The largest absolute Gasteiger partial charge is 0.497 e. The topological polar surface area (TPSA) is 130 Å². The summed E-state index contributed by atoms with van der Waals surface area (Å²) in [5.74, 6) is -0.774. The number of esters is 1. The number of benzene rings is 1. The van der Waals surface area contributed by atoms with Crippen molar-refractivity contribution in [3.05, 3.63) is 54.1 Å². The van der Waals surface area contributed by atoms with Gasteiger partial charge in [0.05, 0.1) is 32.5 Å². The Balaban J connectivity index is 1.75. The lowest BCUT2D eigenvalue weighted by Gasteiger charge is -2.50. The van der Waals surface area contributed by atoms with Crippen molar-refractivity contribution in [3.63, 3.8) is 0 Å². The van der Waals surface area contributed by atoms with Gasteiger partial charge in [-0.3, -0.25) is 0 Å². The van der Waals surface area contributed by atoms with Gasteiger partial charge in [0.1, 0.15) is 42.4 Å². The molecular weight excluding hydrogens is 713 g/mol. The zero-order valence-electron chi connectivity index (χ0n) is 34.5. The quantitative estimate of drug-likeness (QED) is 0.0759. The van der Waals surface area contributed by atoms with E-state index in [1.165, 1.54) is 0 Å². The van der Waals surface area contributed by atoms with E-state index in [0.717, 1.165) is 24.2 Å². The third-order valence-electron chi connectivity index (χ3n) is 10.8. The van der Waals surface area contributed by atoms with Gasteiger partial charge in [-0.05, 0) is 83.3 Å². The van der Waals surface area contributed by atoms with Crippen molar-refractivity contribution in [1.29, 1.82) is 0 Å². The van der Waals surface area contributed by atoms with Crippen LogP contribution in [0.3, 0.4) is 0 Å². The van der Waals surface area contributed by atoms with Gasteiger partial charge in [0.2, 0.25) is 0 Å². The Kier molecular flexibility index (Phi) is 15.5. The number of ether oxygens (including phenoxy) is 9. The van der Waals surface area contributed by atoms with Crippen molar-refractivity contribution in [1.82, 2.24) is 0 Å². The Morgan fingerprint density at radius 1 is 1.06 bits per heavy atom. The second-order valence-corrected chi connectivity index (χ2v) is 21.3. The molecule has 0 saturated carbocycles. The van der Waals surface area contributed by atoms with Gasteiger partial charge in [0, 0.05) is 5.57 Å². The second-order valence-electron chi connectivity index (χ2n) is 16.5. The first-order valence-corrected chi connectivity index (χ1v) is 22.2. The van der Waals surface area contributed by atoms with Crippen molar-refractivity contribution in [2.24, 2.45) is 0 Å². The molecule has 13 heteroatoms. The van der Waals surface area contributed by atoms with Crippen LogP contribution in [-0.2, 0) is 53.7 Å². The van der Waals surface area contributed by atoms with E-state index in [1.54, 1.807) is 27.0 Å². The molecule has 0 radical (unpaired) electrons. The van der Waals surface area contributed by atoms with Gasteiger partial charge in [0.15, 0.2) is 32.8 Å². The predicted molar refractivity (Wildman–Crippen MR) is 206 cm³/mol. The molecule has 1 aromatic carbocycles. The number of aliphatic hydroxyl groups excluding tert-OH is 1. The van der Waals surface area contributed by atoms with Crippen LogP contribution in [0, 0.1) is 0 Å². The number of aliphatic hydroxyl groups is 1. The minimum atomic E-state index is -2.63. The number of methoxy groups -OCH3 is 1. The number of hydrogen-bond donors (Lipinski definition) is 1. The van der Waals surface area contributed by atoms with Gasteiger partial charge >= 0.3 is 5.97 Å². The summed E-state index contributed by atoms with van der Waals surface area (Å²) in [6.07, 6.45) is -3.29. The predicted octanol–water partition coefficient (Wildman–Crippen LogP) is 6.98. The zero-order valence-corrected chi connectivity index (χ0v) is 35.5. The smallest absolute Gasteiger partial charge is 0.333 e. The van der Waals surface area contributed by atoms with E-state index < -0.39 is 75.4 Å². The first kappa shape index (κ1) is 44.5. The van der Waals surface area contributed by atoms with Crippen LogP contribution in [-0.4, -0.2) is 106 Å². The normalized spacial score (nSPS) is 32.1. The molecule has 0 bridgehead atoms. The second kappa shape index (κ2) is 18.8. The van der Waals surface area contributed by atoms with E-state index in [2.05, 4.69) is 47.4 Å². The number of allylic oxidation sites excluding steroid dienone is 1. The van der Waals surface area contributed by atoms with Crippen molar-refractivity contribution in [2.45, 2.75) is 180 Å². The monoisotopic (exact) mass is 778 g/mol. The summed E-state index contributed by atoms with van der Waals surface area (Å²) >= 11 is 0. The average molecular weight is 779 g/mol. The maximum absolute atomic E-state index is 13.5. The van der Waals surface area contributed by atoms with Gasteiger partial charge in [-0.15, -0.1) is 6.58 Å². The highest BCUT2D eigenvalue weighted by molar-refractivity contribution is 6.74. The first-order valence-electron chi connectivity index (χ1n) is 19.3. The molecule has 306 valence electrons. The lowest BCUT2D eigenvalue weighted by molar-refractivity contribution is -0.360. The summed E-state index contributed by atoms with van der Waals surface area (Å²) in [4.78, 5) is 13.5. The summed E-state index contributed by atoms with van der Waals surface area (Å²) in [5, 5.41) is 11.7. The molecule has 3 heterocycles. The van der Waals surface area contributed by atoms with E-state index in [4.69, 9.17) is 47.1 Å². The molecule has 0 amide bonds. The van der Waals surface area contributed by atoms with Crippen molar-refractivity contribution >= 4 is 14.3 Å². The summed E-state index contributed by atoms with van der Waals surface area (Å²) in [5.41, 5.74) is 1.29. The minimum absolute atomic E-state index is 0.0365. The highest BCUT2D eigenvalue weighted by atomic mass is 28.4. The molecule has 3 saturated heterocycles. The first-order chi connectivity index (χ1) is 25.3. The van der Waals surface area contributed by atoms with Gasteiger partial charge in [-0.25, -0.2) is 4.79 Å². The zero-order chi connectivity index (χ0) is 40.0. The number of rotatable bonds is 17. The van der Waals surface area contributed by atoms with Crippen LogP contribution >= 0.6 is 0 Å². The molecule has 12 nitrogen and oxygen atoms in total. The molecule has 3 fully saturated rings. The van der Waals surface area contributed by atoms with E-state index >= 15 is 0 Å². The molecule has 0 aliphatic carbocycles. The Morgan fingerprint density at radius 2 is 1.72 bits per heavy atom. The van der Waals surface area contributed by atoms with Gasteiger partial charge < -0.3 is 52.2 Å². The lowest BCUT2D eigenvalue weighted by Crippen LogP contribution is -2.66. The van der Waals surface area contributed by atoms with Crippen LogP contribution < -0.4 is 4.74 Å². The SMILES string of the molecule is C=CC[C@H](CCC)O[C@@H]1O[C@H](C)[C@@H]2OC(C)(C)O[C@@H]2[C@H]1O[C@@H]1O[C@H](COCc2ccc(OC)cc2)[C@@H](O)[C@H](OC(=O)/C(C)=C/C)[C@H]1O[Si](C)(C)C(C)(C)C. The van der Waals surface area contributed by atoms with Crippen LogP contribution in [0.5, 0.6) is 5.75 Å². The Morgan fingerprint density at radius 3 is 2.31 bits per heavy atom. The van der Waals surface area contributed by atoms with Crippen LogP contribution in [0.15, 0.2) is 48.6 Å². The fraction of sp³-hybridized carbons (Fsp3) is 0.732.